The summed E-state index contributed by atoms with van der Waals surface area (Å²) in [6.45, 7) is 2.19. The molecule has 0 unspecified atom stereocenters. The lowest BCUT2D eigenvalue weighted by Crippen LogP contribution is -2.18. The van der Waals surface area contributed by atoms with Gasteiger partial charge in [0.15, 0.2) is 0 Å². The van der Waals surface area contributed by atoms with Gasteiger partial charge in [0.2, 0.25) is 5.91 Å². The normalized spacial score (nSPS) is 10.1. The molecule has 1 amide bonds. The summed E-state index contributed by atoms with van der Waals surface area (Å²) in [7, 11) is 0. The van der Waals surface area contributed by atoms with E-state index in [4.69, 9.17) is 16.3 Å². The second-order valence-electron chi connectivity index (χ2n) is 2.84. The topological polar surface area (TPSA) is 38.3 Å². The first kappa shape index (κ1) is 11.9. The first-order chi connectivity index (χ1) is 7.11. The van der Waals surface area contributed by atoms with Crippen molar-refractivity contribution in [2.24, 2.45) is 0 Å². The van der Waals surface area contributed by atoms with Crippen molar-refractivity contribution in [3.63, 3.8) is 0 Å². The Bertz CT molecular complexity index is 337. The number of rotatable bonds is 4. The van der Waals surface area contributed by atoms with E-state index in [1.54, 1.807) is 6.92 Å². The zero-order valence-electron chi connectivity index (χ0n) is 8.22. The summed E-state index contributed by atoms with van der Waals surface area (Å²) in [5.74, 6) is -0.826. The van der Waals surface area contributed by atoms with Crippen LogP contribution in [0.5, 0.6) is 0 Å². The number of carbonyl (C=O) groups is 1. The molecule has 0 aliphatic rings. The minimum Gasteiger partial charge on any atom is -0.372 e. The molecule has 1 N–H and O–H groups in total. The van der Waals surface area contributed by atoms with Crippen molar-refractivity contribution >= 4 is 23.2 Å². The molecule has 0 atom stereocenters. The fourth-order valence-corrected chi connectivity index (χ4v) is 1.24. The van der Waals surface area contributed by atoms with Crippen LogP contribution in [0.4, 0.5) is 10.1 Å². The molecule has 0 radical (unpaired) electrons. The number of amides is 1. The molecule has 0 aromatic heterocycles. The van der Waals surface area contributed by atoms with E-state index < -0.39 is 5.82 Å². The fraction of sp³-hybridized carbons (Fsp3) is 0.300. The Labute approximate surface area is 92.2 Å². The Morgan fingerprint density at radius 1 is 1.53 bits per heavy atom. The summed E-state index contributed by atoms with van der Waals surface area (Å²) in [6.07, 6.45) is 0. The summed E-state index contributed by atoms with van der Waals surface area (Å²) in [5.41, 5.74) is 0.324. The standard InChI is InChI=1S/C10H11ClFNO2/c1-2-15-6-10(14)13-9-4-7(11)3-8(12)5-9/h3-5H,2,6H2,1H3,(H,13,14). The minimum atomic E-state index is -0.491. The molecule has 0 bridgehead atoms. The van der Waals surface area contributed by atoms with Crippen LogP contribution < -0.4 is 5.32 Å². The molecule has 0 fully saturated rings. The number of ether oxygens (including phenoxy) is 1. The Morgan fingerprint density at radius 3 is 2.87 bits per heavy atom. The Kier molecular flexibility index (Phi) is 4.52. The van der Waals surface area contributed by atoms with Crippen LogP contribution in [0.1, 0.15) is 6.92 Å². The van der Waals surface area contributed by atoms with Crippen molar-refractivity contribution in [3.05, 3.63) is 29.0 Å². The van der Waals surface area contributed by atoms with Crippen LogP contribution in [0, 0.1) is 5.82 Å². The quantitative estimate of drug-likeness (QED) is 0.865. The van der Waals surface area contributed by atoms with Gasteiger partial charge in [-0.05, 0) is 25.1 Å². The molecule has 1 rings (SSSR count). The Balaban J connectivity index is 2.60. The third kappa shape index (κ3) is 4.27. The van der Waals surface area contributed by atoms with Crippen LogP contribution in [0.2, 0.25) is 5.02 Å². The van der Waals surface area contributed by atoms with Gasteiger partial charge in [0.1, 0.15) is 12.4 Å². The van der Waals surface area contributed by atoms with Crippen LogP contribution in [-0.2, 0) is 9.53 Å². The van der Waals surface area contributed by atoms with Crippen LogP contribution in [0.3, 0.4) is 0 Å². The van der Waals surface area contributed by atoms with E-state index in [1.807, 2.05) is 0 Å². The molecular weight excluding hydrogens is 221 g/mol. The summed E-state index contributed by atoms with van der Waals surface area (Å²) < 4.78 is 17.8. The van der Waals surface area contributed by atoms with Crippen LogP contribution >= 0.6 is 11.6 Å². The maximum Gasteiger partial charge on any atom is 0.250 e. The number of hydrogen-bond donors (Lipinski definition) is 1. The highest BCUT2D eigenvalue weighted by atomic mass is 35.5. The van der Waals surface area contributed by atoms with Crippen molar-refractivity contribution in [1.82, 2.24) is 0 Å². The smallest absolute Gasteiger partial charge is 0.250 e. The summed E-state index contributed by atoms with van der Waals surface area (Å²) in [5, 5.41) is 2.71. The van der Waals surface area contributed by atoms with E-state index in [0.29, 0.717) is 12.3 Å². The van der Waals surface area contributed by atoms with Gasteiger partial charge in [-0.25, -0.2) is 4.39 Å². The van der Waals surface area contributed by atoms with E-state index in [2.05, 4.69) is 5.32 Å². The lowest BCUT2D eigenvalue weighted by molar-refractivity contribution is -0.120. The van der Waals surface area contributed by atoms with Gasteiger partial charge >= 0.3 is 0 Å². The molecule has 0 saturated carbocycles. The second-order valence-corrected chi connectivity index (χ2v) is 3.28. The fourth-order valence-electron chi connectivity index (χ4n) is 1.02. The molecule has 15 heavy (non-hydrogen) atoms. The third-order valence-corrected chi connectivity index (χ3v) is 1.80. The molecule has 82 valence electrons. The highest BCUT2D eigenvalue weighted by Gasteiger charge is 2.04. The Hall–Kier alpha value is -1.13. The van der Waals surface area contributed by atoms with Crippen LogP contribution in [-0.4, -0.2) is 19.1 Å². The molecule has 0 spiro atoms. The van der Waals surface area contributed by atoms with Gasteiger partial charge in [-0.3, -0.25) is 4.79 Å². The molecule has 3 nitrogen and oxygen atoms in total. The largest absolute Gasteiger partial charge is 0.372 e. The lowest BCUT2D eigenvalue weighted by Gasteiger charge is -2.05. The van der Waals surface area contributed by atoms with Crippen molar-refractivity contribution in [3.8, 4) is 0 Å². The van der Waals surface area contributed by atoms with Gasteiger partial charge in [0.25, 0.3) is 0 Å². The van der Waals surface area contributed by atoms with Crippen molar-refractivity contribution in [1.29, 1.82) is 0 Å². The number of anilines is 1. The van der Waals surface area contributed by atoms with Gasteiger partial charge in [0, 0.05) is 17.3 Å². The highest BCUT2D eigenvalue weighted by Crippen LogP contribution is 2.17. The van der Waals surface area contributed by atoms with Crippen molar-refractivity contribution in [2.75, 3.05) is 18.5 Å². The van der Waals surface area contributed by atoms with Crippen LogP contribution in [0.15, 0.2) is 18.2 Å². The van der Waals surface area contributed by atoms with E-state index in [-0.39, 0.29) is 17.5 Å². The van der Waals surface area contributed by atoms with E-state index >= 15 is 0 Å². The molecule has 1 aromatic carbocycles. The Morgan fingerprint density at radius 2 is 2.27 bits per heavy atom. The van der Waals surface area contributed by atoms with Gasteiger partial charge in [-0.15, -0.1) is 0 Å². The first-order valence-electron chi connectivity index (χ1n) is 4.45. The van der Waals surface area contributed by atoms with E-state index in [1.165, 1.54) is 18.2 Å². The first-order valence-corrected chi connectivity index (χ1v) is 4.83. The predicted molar refractivity (Wildman–Crippen MR) is 56.5 cm³/mol. The second kappa shape index (κ2) is 5.68. The van der Waals surface area contributed by atoms with Gasteiger partial charge < -0.3 is 10.1 Å². The predicted octanol–water partition coefficient (Wildman–Crippen LogP) is 2.45. The molecule has 0 aliphatic carbocycles. The molecule has 0 heterocycles. The third-order valence-electron chi connectivity index (χ3n) is 1.58. The van der Waals surface area contributed by atoms with E-state index in [9.17, 15) is 9.18 Å². The average Bonchev–Trinajstić information content (AvgIpc) is 2.13. The van der Waals surface area contributed by atoms with Crippen molar-refractivity contribution < 1.29 is 13.9 Å². The lowest BCUT2D eigenvalue weighted by atomic mass is 10.3. The molecule has 5 heteroatoms. The SMILES string of the molecule is CCOCC(=O)Nc1cc(F)cc(Cl)c1. The van der Waals surface area contributed by atoms with Crippen molar-refractivity contribution in [2.45, 2.75) is 6.92 Å². The highest BCUT2D eigenvalue weighted by molar-refractivity contribution is 6.30. The van der Waals surface area contributed by atoms with Gasteiger partial charge in [-0.2, -0.15) is 0 Å². The van der Waals surface area contributed by atoms with Gasteiger partial charge in [0.05, 0.1) is 0 Å². The maximum absolute atomic E-state index is 12.9. The summed E-state index contributed by atoms with van der Waals surface area (Å²) in [6, 6.07) is 3.82. The van der Waals surface area contributed by atoms with Gasteiger partial charge in [-0.1, -0.05) is 11.6 Å². The zero-order chi connectivity index (χ0) is 11.3. The number of benzene rings is 1. The minimum absolute atomic E-state index is 0.0510. The average molecular weight is 232 g/mol. The number of nitrogens with one attached hydrogen (secondary N) is 1. The molecule has 0 aliphatic heterocycles. The molecular formula is C10H11ClFNO2. The number of halogens is 2. The molecule has 0 saturated heterocycles. The zero-order valence-corrected chi connectivity index (χ0v) is 8.97. The van der Waals surface area contributed by atoms with Crippen LogP contribution in [0.25, 0.3) is 0 Å². The van der Waals surface area contributed by atoms with E-state index in [0.717, 1.165) is 0 Å². The molecule has 1 aromatic rings. The summed E-state index contributed by atoms with van der Waals surface area (Å²) in [4.78, 5) is 11.2. The monoisotopic (exact) mass is 231 g/mol. The summed E-state index contributed by atoms with van der Waals surface area (Å²) >= 11 is 5.62. The maximum atomic E-state index is 12.9. The number of hydrogen-bond acceptors (Lipinski definition) is 2. The number of carbonyl (C=O) groups excluding carboxylic acids is 1.